The molecule has 0 spiro atoms. The fourth-order valence-corrected chi connectivity index (χ4v) is 3.20. The van der Waals surface area contributed by atoms with Gasteiger partial charge >= 0.3 is 5.97 Å². The van der Waals surface area contributed by atoms with Crippen molar-refractivity contribution in [3.05, 3.63) is 6.20 Å². The largest absolute Gasteiger partial charge is 0.476 e. The number of carbonyl (C=O) groups is 1. The van der Waals surface area contributed by atoms with Gasteiger partial charge in [-0.15, -0.1) is 15.3 Å². The van der Waals surface area contributed by atoms with Crippen LogP contribution in [0.4, 0.5) is 0 Å². The molecule has 8 nitrogen and oxygen atoms in total. The molecule has 2 rings (SSSR count). The molecule has 0 N–H and O–H groups in total. The minimum Gasteiger partial charge on any atom is -0.476 e. The van der Waals surface area contributed by atoms with Gasteiger partial charge in [0.05, 0.1) is 13.2 Å². The highest BCUT2D eigenvalue weighted by Gasteiger charge is 2.23. The summed E-state index contributed by atoms with van der Waals surface area (Å²) in [4.78, 5) is 11.9. The molecule has 0 saturated carbocycles. The average molecular weight is 367 g/mol. The Morgan fingerprint density at radius 1 is 1.20 bits per heavy atom. The van der Waals surface area contributed by atoms with E-state index >= 15 is 0 Å². The summed E-state index contributed by atoms with van der Waals surface area (Å²) in [5.74, 6) is 0.971. The van der Waals surface area contributed by atoms with E-state index in [4.69, 9.17) is 9.47 Å². The third kappa shape index (κ3) is 4.33. The first-order valence-electron chi connectivity index (χ1n) is 8.52. The lowest BCUT2D eigenvalue weighted by Gasteiger charge is -2.11. The molecule has 2 aromatic rings. The molecule has 0 fully saturated rings. The molecule has 1 atom stereocenters. The zero-order chi connectivity index (χ0) is 18.4. The van der Waals surface area contributed by atoms with Gasteiger partial charge in [0, 0.05) is 19.3 Å². The maximum atomic E-state index is 11.9. The Labute approximate surface area is 151 Å². The monoisotopic (exact) mass is 367 g/mol. The van der Waals surface area contributed by atoms with Crippen molar-refractivity contribution in [3.63, 3.8) is 0 Å². The van der Waals surface area contributed by atoms with Gasteiger partial charge in [-0.05, 0) is 34.6 Å². The maximum absolute atomic E-state index is 11.9. The van der Waals surface area contributed by atoms with Gasteiger partial charge in [-0.3, -0.25) is 9.48 Å². The standard InChI is InChI=1S/C16H25N5O3S/c1-6-20-10-12(14(19-20)23-8-3)13-17-18-16(21(13)7-2)25-11(5)15(22)24-9-4/h10-11H,6-9H2,1-5H3. The van der Waals surface area contributed by atoms with Gasteiger partial charge in [0.15, 0.2) is 11.0 Å². The molecule has 0 amide bonds. The van der Waals surface area contributed by atoms with Crippen LogP contribution in [0.1, 0.15) is 34.6 Å². The smallest absolute Gasteiger partial charge is 0.319 e. The third-order valence-corrected chi connectivity index (χ3v) is 4.57. The van der Waals surface area contributed by atoms with Gasteiger partial charge in [0.25, 0.3) is 0 Å². The second kappa shape index (κ2) is 8.89. The van der Waals surface area contributed by atoms with Crippen molar-refractivity contribution >= 4 is 17.7 Å². The molecule has 25 heavy (non-hydrogen) atoms. The lowest BCUT2D eigenvalue weighted by Crippen LogP contribution is -2.17. The number of aromatic nitrogens is 5. The quantitative estimate of drug-likeness (QED) is 0.497. The van der Waals surface area contributed by atoms with E-state index in [1.165, 1.54) is 11.8 Å². The van der Waals surface area contributed by atoms with Crippen LogP contribution >= 0.6 is 11.8 Å². The van der Waals surface area contributed by atoms with E-state index in [9.17, 15) is 4.79 Å². The number of carbonyl (C=O) groups excluding carboxylic acids is 1. The number of aryl methyl sites for hydroxylation is 1. The molecule has 2 aromatic heterocycles. The fraction of sp³-hybridized carbons (Fsp3) is 0.625. The molecule has 9 heteroatoms. The van der Waals surface area contributed by atoms with Crippen molar-refractivity contribution in [1.82, 2.24) is 24.5 Å². The van der Waals surface area contributed by atoms with Gasteiger partial charge < -0.3 is 14.0 Å². The molecule has 0 aliphatic carbocycles. The van der Waals surface area contributed by atoms with Crippen molar-refractivity contribution in [3.8, 4) is 17.3 Å². The Morgan fingerprint density at radius 3 is 2.56 bits per heavy atom. The van der Waals surface area contributed by atoms with Crippen LogP contribution in [0, 0.1) is 0 Å². The van der Waals surface area contributed by atoms with Gasteiger partial charge in [-0.2, -0.15) is 0 Å². The number of esters is 1. The van der Waals surface area contributed by atoms with Crippen molar-refractivity contribution in [2.24, 2.45) is 0 Å². The predicted molar refractivity (Wildman–Crippen MR) is 95.7 cm³/mol. The van der Waals surface area contributed by atoms with Crippen LogP contribution in [-0.2, 0) is 22.6 Å². The highest BCUT2D eigenvalue weighted by Crippen LogP contribution is 2.31. The zero-order valence-electron chi connectivity index (χ0n) is 15.4. The van der Waals surface area contributed by atoms with Gasteiger partial charge in [0.1, 0.15) is 10.8 Å². The fourth-order valence-electron chi connectivity index (χ4n) is 2.29. The Kier molecular flexibility index (Phi) is 6.86. The van der Waals surface area contributed by atoms with E-state index in [0.717, 1.165) is 12.1 Å². The number of hydrogen-bond donors (Lipinski definition) is 0. The number of nitrogens with zero attached hydrogens (tertiary/aromatic N) is 5. The molecule has 0 aromatic carbocycles. The summed E-state index contributed by atoms with van der Waals surface area (Å²) in [6.07, 6.45) is 1.91. The summed E-state index contributed by atoms with van der Waals surface area (Å²) >= 11 is 1.34. The third-order valence-electron chi connectivity index (χ3n) is 3.51. The number of hydrogen-bond acceptors (Lipinski definition) is 7. The molecule has 138 valence electrons. The highest BCUT2D eigenvalue weighted by molar-refractivity contribution is 8.00. The van der Waals surface area contributed by atoms with Crippen LogP contribution in [0.5, 0.6) is 5.88 Å². The second-order valence-electron chi connectivity index (χ2n) is 5.20. The average Bonchev–Trinajstić information content (AvgIpc) is 3.18. The highest BCUT2D eigenvalue weighted by atomic mass is 32.2. The molecular formula is C16H25N5O3S. The minimum atomic E-state index is -0.355. The summed E-state index contributed by atoms with van der Waals surface area (Å²) in [6, 6.07) is 0. The van der Waals surface area contributed by atoms with E-state index in [2.05, 4.69) is 15.3 Å². The summed E-state index contributed by atoms with van der Waals surface area (Å²) in [5, 5.41) is 13.3. The first-order valence-corrected chi connectivity index (χ1v) is 9.40. The van der Waals surface area contributed by atoms with Crippen LogP contribution < -0.4 is 4.74 Å². The van der Waals surface area contributed by atoms with Gasteiger partial charge in [-0.25, -0.2) is 0 Å². The molecule has 0 radical (unpaired) electrons. The zero-order valence-corrected chi connectivity index (χ0v) is 16.2. The summed E-state index contributed by atoms with van der Waals surface area (Å²) in [5.41, 5.74) is 0.800. The van der Waals surface area contributed by atoms with Gasteiger partial charge in [-0.1, -0.05) is 11.8 Å². The van der Waals surface area contributed by atoms with Crippen LogP contribution in [0.3, 0.4) is 0 Å². The molecular weight excluding hydrogens is 342 g/mol. The van der Waals surface area contributed by atoms with Crippen molar-refractivity contribution in [2.45, 2.75) is 58.1 Å². The van der Waals surface area contributed by atoms with E-state index in [0.29, 0.717) is 36.6 Å². The second-order valence-corrected chi connectivity index (χ2v) is 6.51. The van der Waals surface area contributed by atoms with Crippen LogP contribution in [0.15, 0.2) is 11.4 Å². The van der Waals surface area contributed by atoms with Crippen LogP contribution in [-0.4, -0.2) is 49.0 Å². The van der Waals surface area contributed by atoms with Crippen molar-refractivity contribution in [1.29, 1.82) is 0 Å². The molecule has 0 aliphatic rings. The Morgan fingerprint density at radius 2 is 1.96 bits per heavy atom. The molecule has 0 aliphatic heterocycles. The summed E-state index contributed by atoms with van der Waals surface area (Å²) in [7, 11) is 0. The SMILES string of the molecule is CCOC(=O)C(C)Sc1nnc(-c2cn(CC)nc2OCC)n1CC. The number of rotatable bonds is 9. The first-order chi connectivity index (χ1) is 12.0. The lowest BCUT2D eigenvalue weighted by atomic mass is 10.3. The number of ether oxygens (including phenoxy) is 2. The number of thioether (sulfide) groups is 1. The van der Waals surface area contributed by atoms with Gasteiger partial charge in [0.2, 0.25) is 5.88 Å². The normalized spacial score (nSPS) is 12.2. The van der Waals surface area contributed by atoms with E-state index < -0.39 is 0 Å². The van der Waals surface area contributed by atoms with Crippen LogP contribution in [0.25, 0.3) is 11.4 Å². The minimum absolute atomic E-state index is 0.256. The summed E-state index contributed by atoms with van der Waals surface area (Å²) in [6.45, 7) is 11.8. The predicted octanol–water partition coefficient (Wildman–Crippen LogP) is 2.62. The molecule has 0 saturated heterocycles. The Bertz CT molecular complexity index is 713. The van der Waals surface area contributed by atoms with Crippen molar-refractivity contribution in [2.75, 3.05) is 13.2 Å². The lowest BCUT2D eigenvalue weighted by molar-refractivity contribution is -0.142. The van der Waals surface area contributed by atoms with E-state index in [1.54, 1.807) is 13.8 Å². The van der Waals surface area contributed by atoms with E-state index in [1.807, 2.05) is 36.2 Å². The molecule has 2 heterocycles. The maximum Gasteiger partial charge on any atom is 0.319 e. The first kappa shape index (κ1) is 19.3. The van der Waals surface area contributed by atoms with E-state index in [-0.39, 0.29) is 11.2 Å². The Balaban J connectivity index is 2.33. The molecule has 0 bridgehead atoms. The summed E-state index contributed by atoms with van der Waals surface area (Å²) < 4.78 is 14.5. The van der Waals surface area contributed by atoms with Crippen molar-refractivity contribution < 1.29 is 14.3 Å². The Hall–Kier alpha value is -2.03. The molecule has 1 unspecified atom stereocenters. The van der Waals surface area contributed by atoms with Crippen LogP contribution in [0.2, 0.25) is 0 Å². The topological polar surface area (TPSA) is 84.1 Å².